The zero-order valence-corrected chi connectivity index (χ0v) is 16.1. The Hall–Kier alpha value is -3.41. The quantitative estimate of drug-likeness (QED) is 0.721. The van der Waals surface area contributed by atoms with Crippen LogP contribution >= 0.6 is 0 Å². The molecule has 2 N–H and O–H groups in total. The third-order valence-electron chi connectivity index (χ3n) is 4.78. The van der Waals surface area contributed by atoms with E-state index in [2.05, 4.69) is 5.32 Å². The molecule has 0 aromatic heterocycles. The molecule has 29 heavy (non-hydrogen) atoms. The lowest BCUT2D eigenvalue weighted by molar-refractivity contribution is -0.137. The molecule has 1 aliphatic heterocycles. The maximum Gasteiger partial charge on any atom is 0.303 e. The molecule has 0 radical (unpaired) electrons. The summed E-state index contributed by atoms with van der Waals surface area (Å²) < 4.78 is 0. The average Bonchev–Trinajstić information content (AvgIpc) is 2.70. The van der Waals surface area contributed by atoms with E-state index in [0.717, 1.165) is 17.5 Å². The van der Waals surface area contributed by atoms with Crippen LogP contribution in [0.4, 0.5) is 5.69 Å². The van der Waals surface area contributed by atoms with Crippen LogP contribution in [0.1, 0.15) is 30.4 Å². The summed E-state index contributed by atoms with van der Waals surface area (Å²) in [6.07, 6.45) is 3.11. The number of nitrogens with one attached hydrogen (secondary N) is 1. The Morgan fingerprint density at radius 2 is 1.72 bits per heavy atom. The van der Waals surface area contributed by atoms with Crippen molar-refractivity contribution in [3.8, 4) is 0 Å². The van der Waals surface area contributed by atoms with Gasteiger partial charge in [-0.2, -0.15) is 0 Å². The van der Waals surface area contributed by atoms with Gasteiger partial charge in [0.25, 0.3) is 0 Å². The number of aliphatic carboxylic acids is 1. The van der Waals surface area contributed by atoms with Crippen molar-refractivity contribution in [2.75, 3.05) is 11.9 Å². The van der Waals surface area contributed by atoms with E-state index in [1.54, 1.807) is 4.90 Å². The number of hydrogen-bond acceptors (Lipinski definition) is 3. The van der Waals surface area contributed by atoms with Crippen LogP contribution in [0.25, 0.3) is 0 Å². The topological polar surface area (TPSA) is 86.7 Å². The number of benzene rings is 2. The lowest BCUT2D eigenvalue weighted by Crippen LogP contribution is -2.35. The number of carboxylic acids is 1. The molecule has 150 valence electrons. The summed E-state index contributed by atoms with van der Waals surface area (Å²) in [6, 6.07) is 17.0. The van der Waals surface area contributed by atoms with Crippen LogP contribution in [0, 0.1) is 0 Å². The normalized spacial score (nSPS) is 13.7. The maximum absolute atomic E-state index is 12.5. The van der Waals surface area contributed by atoms with E-state index in [1.807, 2.05) is 60.7 Å². The molecule has 0 atom stereocenters. The summed E-state index contributed by atoms with van der Waals surface area (Å²) in [7, 11) is 0. The fourth-order valence-electron chi connectivity index (χ4n) is 3.29. The molecule has 2 amide bonds. The van der Waals surface area contributed by atoms with Gasteiger partial charge in [0.05, 0.1) is 6.42 Å². The lowest BCUT2D eigenvalue weighted by Gasteiger charge is -2.27. The minimum atomic E-state index is -0.902. The van der Waals surface area contributed by atoms with E-state index in [4.69, 9.17) is 5.11 Å². The summed E-state index contributed by atoms with van der Waals surface area (Å²) >= 11 is 0. The van der Waals surface area contributed by atoms with Crippen molar-refractivity contribution >= 4 is 23.5 Å². The molecule has 1 aliphatic rings. The Labute approximate surface area is 169 Å². The van der Waals surface area contributed by atoms with Gasteiger partial charge in [-0.05, 0) is 36.1 Å². The van der Waals surface area contributed by atoms with Gasteiger partial charge in [-0.3, -0.25) is 14.4 Å². The van der Waals surface area contributed by atoms with Gasteiger partial charge >= 0.3 is 5.97 Å². The molecule has 6 heteroatoms. The van der Waals surface area contributed by atoms with E-state index in [1.165, 1.54) is 0 Å². The van der Waals surface area contributed by atoms with Crippen molar-refractivity contribution in [1.82, 2.24) is 4.90 Å². The first kappa shape index (κ1) is 20.3. The highest BCUT2D eigenvalue weighted by molar-refractivity contribution is 5.94. The van der Waals surface area contributed by atoms with E-state index in [9.17, 15) is 14.4 Å². The first-order valence-corrected chi connectivity index (χ1v) is 9.64. The number of carbonyl (C=O) groups is 3. The van der Waals surface area contributed by atoms with Crippen LogP contribution in [0.3, 0.4) is 0 Å². The number of rotatable bonds is 8. The minimum Gasteiger partial charge on any atom is -0.481 e. The SMILES string of the molecule is O=C(O)CCC1=CCCN(Cc2ccc(NC(=O)Cc3ccccc3)cc2)C1=O. The van der Waals surface area contributed by atoms with Gasteiger partial charge in [-0.15, -0.1) is 0 Å². The van der Waals surface area contributed by atoms with Crippen LogP contribution in [0.5, 0.6) is 0 Å². The maximum atomic E-state index is 12.5. The van der Waals surface area contributed by atoms with E-state index >= 15 is 0 Å². The van der Waals surface area contributed by atoms with Crippen molar-refractivity contribution < 1.29 is 19.5 Å². The number of anilines is 1. The Bertz CT molecular complexity index is 904. The van der Waals surface area contributed by atoms with Crippen LogP contribution in [-0.4, -0.2) is 34.3 Å². The number of carbonyl (C=O) groups excluding carboxylic acids is 2. The Morgan fingerprint density at radius 3 is 2.41 bits per heavy atom. The molecule has 2 aromatic rings. The van der Waals surface area contributed by atoms with Crippen molar-refractivity contribution in [3.05, 3.63) is 77.4 Å². The highest BCUT2D eigenvalue weighted by atomic mass is 16.4. The average molecular weight is 392 g/mol. The third kappa shape index (κ3) is 6.04. The predicted octanol–water partition coefficient (Wildman–Crippen LogP) is 3.39. The Balaban J connectivity index is 1.53. The third-order valence-corrected chi connectivity index (χ3v) is 4.78. The fraction of sp³-hybridized carbons (Fsp3) is 0.261. The molecule has 0 spiro atoms. The first-order valence-electron chi connectivity index (χ1n) is 9.64. The highest BCUT2D eigenvalue weighted by Gasteiger charge is 2.22. The van der Waals surface area contributed by atoms with E-state index in [-0.39, 0.29) is 24.7 Å². The molecule has 2 aromatic carbocycles. The van der Waals surface area contributed by atoms with Gasteiger partial charge in [-0.1, -0.05) is 48.5 Å². The molecule has 0 unspecified atom stereocenters. The van der Waals surface area contributed by atoms with Gasteiger partial charge in [-0.25, -0.2) is 0 Å². The van der Waals surface area contributed by atoms with Gasteiger partial charge in [0.15, 0.2) is 0 Å². The van der Waals surface area contributed by atoms with Crippen molar-refractivity contribution in [2.24, 2.45) is 0 Å². The van der Waals surface area contributed by atoms with E-state index < -0.39 is 5.97 Å². The summed E-state index contributed by atoms with van der Waals surface area (Å²) in [5.74, 6) is -1.08. The molecular formula is C23H24N2O4. The molecule has 0 saturated carbocycles. The highest BCUT2D eigenvalue weighted by Crippen LogP contribution is 2.19. The summed E-state index contributed by atoms with van der Waals surface area (Å²) in [6.45, 7) is 1.08. The second-order valence-corrected chi connectivity index (χ2v) is 7.05. The van der Waals surface area contributed by atoms with Crippen LogP contribution in [0.15, 0.2) is 66.2 Å². The number of amides is 2. The molecule has 0 fully saturated rings. The van der Waals surface area contributed by atoms with Gasteiger partial charge in [0.1, 0.15) is 0 Å². The van der Waals surface area contributed by atoms with Crippen molar-refractivity contribution in [1.29, 1.82) is 0 Å². The monoisotopic (exact) mass is 392 g/mol. The molecule has 0 saturated heterocycles. The second-order valence-electron chi connectivity index (χ2n) is 7.05. The Kier molecular flexibility index (Phi) is 6.79. The summed E-state index contributed by atoms with van der Waals surface area (Å²) in [5.41, 5.74) is 3.20. The number of carboxylic acid groups (broad SMARTS) is 1. The Morgan fingerprint density at radius 1 is 1.00 bits per heavy atom. The van der Waals surface area contributed by atoms with Crippen LogP contribution in [0.2, 0.25) is 0 Å². The molecule has 1 heterocycles. The van der Waals surface area contributed by atoms with Gasteiger partial charge < -0.3 is 15.3 Å². The van der Waals surface area contributed by atoms with Crippen LogP contribution in [-0.2, 0) is 27.3 Å². The van der Waals surface area contributed by atoms with E-state index in [0.29, 0.717) is 30.8 Å². The molecule has 0 bridgehead atoms. The zero-order chi connectivity index (χ0) is 20.6. The smallest absolute Gasteiger partial charge is 0.303 e. The molecule has 3 rings (SSSR count). The summed E-state index contributed by atoms with van der Waals surface area (Å²) in [5, 5.41) is 11.7. The molecular weight excluding hydrogens is 368 g/mol. The standard InChI is InChI=1S/C23H24N2O4/c26-21(15-17-5-2-1-3-6-17)24-20-11-8-18(9-12-20)16-25-14-4-7-19(23(25)29)10-13-22(27)28/h1-3,5-9,11-12H,4,10,13-16H2,(H,24,26)(H,27,28). The largest absolute Gasteiger partial charge is 0.481 e. The number of nitrogens with zero attached hydrogens (tertiary/aromatic N) is 1. The minimum absolute atomic E-state index is 0.0389. The first-order chi connectivity index (χ1) is 14.0. The fourth-order valence-corrected chi connectivity index (χ4v) is 3.29. The number of hydrogen-bond donors (Lipinski definition) is 2. The zero-order valence-electron chi connectivity index (χ0n) is 16.1. The lowest BCUT2D eigenvalue weighted by atomic mass is 10.0. The van der Waals surface area contributed by atoms with Gasteiger partial charge in [0, 0.05) is 30.8 Å². The van der Waals surface area contributed by atoms with Crippen LogP contribution < -0.4 is 5.32 Å². The second kappa shape index (κ2) is 9.68. The van der Waals surface area contributed by atoms with Crippen molar-refractivity contribution in [2.45, 2.75) is 32.2 Å². The predicted molar refractivity (Wildman–Crippen MR) is 110 cm³/mol. The summed E-state index contributed by atoms with van der Waals surface area (Å²) in [4.78, 5) is 37.2. The molecule has 0 aliphatic carbocycles. The molecule has 6 nitrogen and oxygen atoms in total. The van der Waals surface area contributed by atoms with Gasteiger partial charge in [0.2, 0.25) is 11.8 Å². The van der Waals surface area contributed by atoms with Crippen molar-refractivity contribution in [3.63, 3.8) is 0 Å².